The molecule has 15 heavy (non-hydrogen) atoms. The number of anilines is 2. The van der Waals surface area contributed by atoms with Crippen LogP contribution in [0.4, 0.5) is 10.9 Å². The van der Waals surface area contributed by atoms with Crippen LogP contribution in [-0.2, 0) is 4.74 Å². The van der Waals surface area contributed by atoms with E-state index < -0.39 is 0 Å². The third-order valence-corrected chi connectivity index (χ3v) is 3.40. The first-order valence-electron chi connectivity index (χ1n) is 5.37. The number of nitrogens with two attached hydrogens (primary N) is 1. The van der Waals surface area contributed by atoms with Crippen LogP contribution in [0, 0.1) is 0 Å². The number of nitrogens with zero attached hydrogens (tertiary/aromatic N) is 2. The van der Waals surface area contributed by atoms with E-state index in [-0.39, 0.29) is 0 Å². The highest BCUT2D eigenvalue weighted by Gasteiger charge is 2.24. The number of rotatable bonds is 4. The maximum Gasteiger partial charge on any atom is 0.187 e. The molecule has 5 heteroatoms. The monoisotopic (exact) mass is 227 g/mol. The van der Waals surface area contributed by atoms with Crippen LogP contribution in [0.3, 0.4) is 0 Å². The standard InChI is InChI=1S/C10H17N3OS/c1-2-5-14-8-3-4-13(6-8)10-12-9(11)7-15-10/h7-8H,2-6,11H2,1H3/t8-/m1/s1. The molecular weight excluding hydrogens is 210 g/mol. The Morgan fingerprint density at radius 2 is 2.60 bits per heavy atom. The number of hydrogen-bond acceptors (Lipinski definition) is 5. The van der Waals surface area contributed by atoms with Crippen LogP contribution in [0.15, 0.2) is 5.38 Å². The van der Waals surface area contributed by atoms with Gasteiger partial charge < -0.3 is 15.4 Å². The van der Waals surface area contributed by atoms with E-state index in [0.717, 1.165) is 37.7 Å². The predicted molar refractivity (Wildman–Crippen MR) is 63.4 cm³/mol. The topological polar surface area (TPSA) is 51.4 Å². The van der Waals surface area contributed by atoms with Gasteiger partial charge in [0, 0.05) is 25.1 Å². The Hall–Kier alpha value is -0.810. The minimum absolute atomic E-state index is 0.370. The van der Waals surface area contributed by atoms with Crippen LogP contribution in [-0.4, -0.2) is 30.8 Å². The van der Waals surface area contributed by atoms with Gasteiger partial charge in [0.25, 0.3) is 0 Å². The molecule has 2 rings (SSSR count). The summed E-state index contributed by atoms with van der Waals surface area (Å²) in [6, 6.07) is 0. The molecule has 1 aliphatic rings. The molecular formula is C10H17N3OS. The van der Waals surface area contributed by atoms with E-state index in [9.17, 15) is 0 Å². The first-order valence-corrected chi connectivity index (χ1v) is 6.25. The second-order valence-electron chi connectivity index (χ2n) is 3.78. The summed E-state index contributed by atoms with van der Waals surface area (Å²) in [5.41, 5.74) is 5.60. The highest BCUT2D eigenvalue weighted by atomic mass is 32.1. The molecule has 0 aliphatic carbocycles. The van der Waals surface area contributed by atoms with Crippen molar-refractivity contribution in [3.05, 3.63) is 5.38 Å². The van der Waals surface area contributed by atoms with Gasteiger partial charge in [-0.05, 0) is 12.8 Å². The van der Waals surface area contributed by atoms with Crippen LogP contribution in [0.2, 0.25) is 0 Å². The number of hydrogen-bond donors (Lipinski definition) is 1. The Morgan fingerprint density at radius 3 is 3.27 bits per heavy atom. The summed E-state index contributed by atoms with van der Waals surface area (Å²) in [4.78, 5) is 6.53. The van der Waals surface area contributed by atoms with Crippen LogP contribution in [0.1, 0.15) is 19.8 Å². The van der Waals surface area contributed by atoms with E-state index in [1.165, 1.54) is 0 Å². The SMILES string of the molecule is CCCO[C@@H]1CCN(c2nc(N)cs2)C1. The van der Waals surface area contributed by atoms with Crippen molar-refractivity contribution in [2.75, 3.05) is 30.3 Å². The summed E-state index contributed by atoms with van der Waals surface area (Å²) < 4.78 is 5.71. The number of thiazole rings is 1. The smallest absolute Gasteiger partial charge is 0.187 e. The Morgan fingerprint density at radius 1 is 1.73 bits per heavy atom. The van der Waals surface area contributed by atoms with Gasteiger partial charge in [0.2, 0.25) is 0 Å². The minimum atomic E-state index is 0.370. The van der Waals surface area contributed by atoms with E-state index in [4.69, 9.17) is 10.5 Å². The Kier molecular flexibility index (Phi) is 3.43. The molecule has 4 nitrogen and oxygen atoms in total. The van der Waals surface area contributed by atoms with E-state index in [1.54, 1.807) is 11.3 Å². The number of aromatic nitrogens is 1. The molecule has 84 valence electrons. The predicted octanol–water partition coefficient (Wildman–Crippen LogP) is 1.73. The van der Waals surface area contributed by atoms with E-state index in [2.05, 4.69) is 16.8 Å². The molecule has 1 fully saturated rings. The van der Waals surface area contributed by atoms with Crippen molar-refractivity contribution in [3.63, 3.8) is 0 Å². The zero-order valence-corrected chi connectivity index (χ0v) is 9.80. The lowest BCUT2D eigenvalue weighted by atomic mass is 10.3. The van der Waals surface area contributed by atoms with Crippen LogP contribution in [0.5, 0.6) is 0 Å². The Balaban J connectivity index is 1.87. The Bertz CT molecular complexity index is 315. The Labute approximate surface area is 94.1 Å². The van der Waals surface area contributed by atoms with E-state index in [1.807, 2.05) is 5.38 Å². The first kappa shape index (κ1) is 10.7. The second-order valence-corrected chi connectivity index (χ2v) is 4.62. The van der Waals surface area contributed by atoms with Gasteiger partial charge in [-0.25, -0.2) is 4.98 Å². The normalized spacial score (nSPS) is 21.1. The van der Waals surface area contributed by atoms with Crippen LogP contribution in [0.25, 0.3) is 0 Å². The third-order valence-electron chi connectivity index (χ3n) is 2.48. The molecule has 0 saturated carbocycles. The summed E-state index contributed by atoms with van der Waals surface area (Å²) >= 11 is 1.61. The van der Waals surface area contributed by atoms with Gasteiger partial charge in [0.1, 0.15) is 5.82 Å². The second kappa shape index (κ2) is 4.81. The maximum atomic E-state index is 5.71. The summed E-state index contributed by atoms with van der Waals surface area (Å²) in [5, 5.41) is 2.91. The van der Waals surface area contributed by atoms with Gasteiger partial charge in [-0.15, -0.1) is 11.3 Å². The molecule has 1 saturated heterocycles. The van der Waals surface area contributed by atoms with Crippen molar-refractivity contribution < 1.29 is 4.74 Å². The molecule has 2 heterocycles. The van der Waals surface area contributed by atoms with Crippen molar-refractivity contribution >= 4 is 22.3 Å². The van der Waals surface area contributed by atoms with Crippen molar-refractivity contribution in [1.82, 2.24) is 4.98 Å². The maximum absolute atomic E-state index is 5.71. The molecule has 2 N–H and O–H groups in total. The lowest BCUT2D eigenvalue weighted by Crippen LogP contribution is -2.22. The molecule has 1 atom stereocenters. The first-order chi connectivity index (χ1) is 7.29. The fraction of sp³-hybridized carbons (Fsp3) is 0.700. The number of nitrogen functional groups attached to an aromatic ring is 1. The summed E-state index contributed by atoms with van der Waals surface area (Å²) in [7, 11) is 0. The average Bonchev–Trinajstić information content (AvgIpc) is 2.83. The molecule has 0 aromatic carbocycles. The summed E-state index contributed by atoms with van der Waals surface area (Å²) in [6.45, 7) is 4.97. The van der Waals surface area contributed by atoms with Crippen molar-refractivity contribution in [2.45, 2.75) is 25.9 Å². The fourth-order valence-corrected chi connectivity index (χ4v) is 2.50. The van der Waals surface area contributed by atoms with Gasteiger partial charge in [0.15, 0.2) is 5.13 Å². The third kappa shape index (κ3) is 2.60. The molecule has 1 aliphatic heterocycles. The lowest BCUT2D eigenvalue weighted by molar-refractivity contribution is 0.0688. The lowest BCUT2D eigenvalue weighted by Gasteiger charge is -2.14. The minimum Gasteiger partial charge on any atom is -0.383 e. The van der Waals surface area contributed by atoms with Gasteiger partial charge in [-0.1, -0.05) is 6.92 Å². The molecule has 0 radical (unpaired) electrons. The summed E-state index contributed by atoms with van der Waals surface area (Å²) in [6.07, 6.45) is 2.55. The quantitative estimate of drug-likeness (QED) is 0.851. The largest absolute Gasteiger partial charge is 0.383 e. The zero-order chi connectivity index (χ0) is 10.7. The van der Waals surface area contributed by atoms with Crippen LogP contribution >= 0.6 is 11.3 Å². The van der Waals surface area contributed by atoms with Gasteiger partial charge in [-0.2, -0.15) is 0 Å². The van der Waals surface area contributed by atoms with Crippen LogP contribution < -0.4 is 10.6 Å². The molecule has 0 unspecified atom stereocenters. The van der Waals surface area contributed by atoms with Gasteiger partial charge in [-0.3, -0.25) is 0 Å². The van der Waals surface area contributed by atoms with Gasteiger partial charge in [0.05, 0.1) is 6.10 Å². The van der Waals surface area contributed by atoms with Crippen molar-refractivity contribution in [1.29, 1.82) is 0 Å². The zero-order valence-electron chi connectivity index (χ0n) is 8.98. The highest BCUT2D eigenvalue weighted by molar-refractivity contribution is 7.14. The molecule has 1 aromatic rings. The molecule has 0 amide bonds. The van der Waals surface area contributed by atoms with E-state index in [0.29, 0.717) is 11.9 Å². The van der Waals surface area contributed by atoms with Crippen molar-refractivity contribution in [3.8, 4) is 0 Å². The van der Waals surface area contributed by atoms with E-state index >= 15 is 0 Å². The molecule has 0 bridgehead atoms. The highest BCUT2D eigenvalue weighted by Crippen LogP contribution is 2.26. The number of ether oxygens (including phenoxy) is 1. The summed E-state index contributed by atoms with van der Waals surface area (Å²) in [5.74, 6) is 0.618. The fourth-order valence-electron chi connectivity index (χ4n) is 1.74. The molecule has 0 spiro atoms. The van der Waals surface area contributed by atoms with Gasteiger partial charge >= 0.3 is 0 Å². The average molecular weight is 227 g/mol. The van der Waals surface area contributed by atoms with Crippen molar-refractivity contribution in [2.24, 2.45) is 0 Å². The molecule has 1 aromatic heterocycles.